The zero-order valence-corrected chi connectivity index (χ0v) is 18.2. The molecule has 0 radical (unpaired) electrons. The van der Waals surface area contributed by atoms with Crippen molar-refractivity contribution in [3.63, 3.8) is 0 Å². The largest absolute Gasteiger partial charge is 0.465 e. The number of nitrogens with one attached hydrogen (secondary N) is 1. The van der Waals surface area contributed by atoms with Gasteiger partial charge in [-0.05, 0) is 72.9 Å². The monoisotopic (exact) mass is 456 g/mol. The van der Waals surface area contributed by atoms with Gasteiger partial charge in [0.1, 0.15) is 11.6 Å². The molecule has 0 saturated heterocycles. The highest BCUT2D eigenvalue weighted by atomic mass is 19.1. The second-order valence-electron chi connectivity index (χ2n) is 8.00. The number of allylic oxidation sites excluding steroid dienone is 1. The molecule has 0 spiro atoms. The topological polar surface area (TPSA) is 81.4 Å². The molecule has 34 heavy (non-hydrogen) atoms. The van der Waals surface area contributed by atoms with Crippen molar-refractivity contribution < 1.29 is 23.1 Å². The predicted molar refractivity (Wildman–Crippen MR) is 127 cm³/mol. The fourth-order valence-corrected chi connectivity index (χ4v) is 4.22. The number of carbonyl (C=O) groups is 2. The van der Waals surface area contributed by atoms with Crippen molar-refractivity contribution in [2.45, 2.75) is 19.3 Å². The van der Waals surface area contributed by atoms with Crippen LogP contribution in [0.25, 0.3) is 22.6 Å². The van der Waals surface area contributed by atoms with Crippen LogP contribution in [-0.4, -0.2) is 23.5 Å². The number of rotatable bonds is 5. The molecule has 1 aliphatic rings. The molecule has 1 amide bonds. The molecule has 2 aromatic carbocycles. The number of hydrogen-bond donors (Lipinski definition) is 1. The zero-order valence-electron chi connectivity index (χ0n) is 18.2. The number of anilines is 1. The molecule has 0 saturated carbocycles. The molecule has 170 valence electrons. The van der Waals surface area contributed by atoms with Crippen molar-refractivity contribution in [2.24, 2.45) is 0 Å². The third kappa shape index (κ3) is 4.45. The number of carbonyl (C=O) groups excluding carboxylic acids is 2. The summed E-state index contributed by atoms with van der Waals surface area (Å²) in [6.07, 6.45) is 5.88. The molecular weight excluding hydrogens is 435 g/mol. The van der Waals surface area contributed by atoms with Crippen molar-refractivity contribution in [2.75, 3.05) is 11.9 Å². The van der Waals surface area contributed by atoms with Crippen LogP contribution < -0.4 is 5.32 Å². The summed E-state index contributed by atoms with van der Waals surface area (Å²) in [7, 11) is 0. The summed E-state index contributed by atoms with van der Waals surface area (Å²) in [6.45, 7) is -0.490. The number of hydrogen-bond acceptors (Lipinski definition) is 5. The van der Waals surface area contributed by atoms with E-state index >= 15 is 0 Å². The van der Waals surface area contributed by atoms with Crippen molar-refractivity contribution >= 4 is 40.1 Å². The minimum atomic E-state index is -0.594. The second kappa shape index (κ2) is 9.31. The third-order valence-corrected chi connectivity index (χ3v) is 5.68. The zero-order chi connectivity index (χ0) is 23.5. The van der Waals surface area contributed by atoms with E-state index in [1.165, 1.54) is 18.2 Å². The van der Waals surface area contributed by atoms with Crippen LogP contribution in [0, 0.1) is 5.82 Å². The maximum Gasteiger partial charge on any atom is 0.339 e. The first-order chi connectivity index (χ1) is 16.6. The quantitative estimate of drug-likeness (QED) is 0.393. The van der Waals surface area contributed by atoms with Gasteiger partial charge in [-0.3, -0.25) is 4.79 Å². The van der Waals surface area contributed by atoms with Gasteiger partial charge in [0, 0.05) is 11.1 Å². The molecule has 2 heterocycles. The summed E-state index contributed by atoms with van der Waals surface area (Å²) in [6, 6.07) is 16.6. The molecule has 0 bridgehead atoms. The Morgan fingerprint density at radius 3 is 2.79 bits per heavy atom. The van der Waals surface area contributed by atoms with Crippen molar-refractivity contribution in [3.8, 4) is 0 Å². The van der Waals surface area contributed by atoms with E-state index in [4.69, 9.17) is 14.1 Å². The number of nitrogens with zero attached hydrogens (tertiary/aromatic N) is 1. The summed E-state index contributed by atoms with van der Waals surface area (Å²) in [4.78, 5) is 30.4. The van der Waals surface area contributed by atoms with Gasteiger partial charge in [0.15, 0.2) is 6.61 Å². The van der Waals surface area contributed by atoms with Crippen LogP contribution in [0.5, 0.6) is 0 Å². The first-order valence-corrected chi connectivity index (χ1v) is 11.0. The number of aromatic nitrogens is 1. The first-order valence-electron chi connectivity index (χ1n) is 11.0. The highest BCUT2D eigenvalue weighted by molar-refractivity contribution is 6.07. The number of ether oxygens (including phenoxy) is 1. The minimum absolute atomic E-state index is 0.292. The predicted octanol–water partition coefficient (Wildman–Crippen LogP) is 5.64. The van der Waals surface area contributed by atoms with E-state index in [0.717, 1.165) is 35.4 Å². The lowest BCUT2D eigenvalue weighted by Gasteiger charge is -2.22. The first kappa shape index (κ1) is 21.6. The molecule has 6 nitrogen and oxygen atoms in total. The molecule has 5 rings (SSSR count). The van der Waals surface area contributed by atoms with E-state index in [0.29, 0.717) is 28.6 Å². The summed E-state index contributed by atoms with van der Waals surface area (Å²) in [5.74, 6) is -0.896. The van der Waals surface area contributed by atoms with Crippen LogP contribution in [-0.2, 0) is 16.0 Å². The van der Waals surface area contributed by atoms with E-state index in [1.807, 2.05) is 42.5 Å². The molecule has 0 unspecified atom stereocenters. The number of furan rings is 1. The number of esters is 1. The van der Waals surface area contributed by atoms with E-state index in [1.54, 1.807) is 12.3 Å². The van der Waals surface area contributed by atoms with Crippen molar-refractivity contribution in [3.05, 3.63) is 95.3 Å². The Kier molecular flexibility index (Phi) is 5.91. The maximum absolute atomic E-state index is 13.4. The molecule has 0 fully saturated rings. The lowest BCUT2D eigenvalue weighted by atomic mass is 9.86. The summed E-state index contributed by atoms with van der Waals surface area (Å²) in [5.41, 5.74) is 3.92. The van der Waals surface area contributed by atoms with Gasteiger partial charge in [-0.1, -0.05) is 24.3 Å². The Balaban J connectivity index is 1.45. The van der Waals surface area contributed by atoms with Gasteiger partial charge in [-0.2, -0.15) is 0 Å². The van der Waals surface area contributed by atoms with Crippen molar-refractivity contribution in [1.82, 2.24) is 4.98 Å². The lowest BCUT2D eigenvalue weighted by molar-refractivity contribution is -0.119. The number of pyridine rings is 1. The standard InChI is InChI=1S/C27H21FN2O4/c28-18-7-4-8-19(15-18)29-24(31)16-34-27(32)25-21-10-1-2-12-23(21)30-26-17(6-3-11-22(25)26)14-20-9-5-13-33-20/h1-2,4-5,7-10,12-15H,3,6,11,16H2,(H,29,31). The third-order valence-electron chi connectivity index (χ3n) is 5.68. The van der Waals surface area contributed by atoms with Crippen LogP contribution >= 0.6 is 0 Å². The minimum Gasteiger partial charge on any atom is -0.465 e. The van der Waals surface area contributed by atoms with Crippen molar-refractivity contribution in [1.29, 1.82) is 0 Å². The molecule has 1 aliphatic carbocycles. The van der Waals surface area contributed by atoms with Gasteiger partial charge in [-0.15, -0.1) is 0 Å². The Hall–Kier alpha value is -4.26. The lowest BCUT2D eigenvalue weighted by Crippen LogP contribution is -2.22. The Morgan fingerprint density at radius 2 is 1.97 bits per heavy atom. The Labute approximate surface area is 195 Å². The van der Waals surface area contributed by atoms with Gasteiger partial charge in [0.05, 0.1) is 23.0 Å². The molecule has 1 N–H and O–H groups in total. The molecule has 4 aromatic rings. The Morgan fingerprint density at radius 1 is 1.09 bits per heavy atom. The van der Waals surface area contributed by atoms with Crippen LogP contribution in [0.1, 0.15) is 40.2 Å². The molecule has 0 atom stereocenters. The van der Waals surface area contributed by atoms with E-state index in [9.17, 15) is 14.0 Å². The highest BCUT2D eigenvalue weighted by Crippen LogP contribution is 2.36. The summed E-state index contributed by atoms with van der Waals surface area (Å²) in [5, 5.41) is 3.21. The number of para-hydroxylation sites is 1. The highest BCUT2D eigenvalue weighted by Gasteiger charge is 2.26. The van der Waals surface area contributed by atoms with Gasteiger partial charge in [-0.25, -0.2) is 14.2 Å². The van der Waals surface area contributed by atoms with Gasteiger partial charge in [0.25, 0.3) is 5.91 Å². The maximum atomic E-state index is 13.4. The van der Waals surface area contributed by atoms with Crippen LogP contribution in [0.4, 0.5) is 10.1 Å². The molecule has 2 aromatic heterocycles. The second-order valence-corrected chi connectivity index (χ2v) is 8.00. The summed E-state index contributed by atoms with van der Waals surface area (Å²) < 4.78 is 24.2. The molecular formula is C27H21FN2O4. The van der Waals surface area contributed by atoms with E-state index < -0.39 is 24.3 Å². The van der Waals surface area contributed by atoms with Gasteiger partial charge < -0.3 is 14.5 Å². The fraction of sp³-hybridized carbons (Fsp3) is 0.148. The Bertz CT molecular complexity index is 1410. The number of halogens is 1. The molecule has 0 aliphatic heterocycles. The fourth-order valence-electron chi connectivity index (χ4n) is 4.22. The van der Waals surface area contributed by atoms with Crippen LogP contribution in [0.2, 0.25) is 0 Å². The number of amides is 1. The van der Waals surface area contributed by atoms with Gasteiger partial charge in [0.2, 0.25) is 0 Å². The van der Waals surface area contributed by atoms with E-state index in [2.05, 4.69) is 5.32 Å². The molecule has 7 heteroatoms. The van der Waals surface area contributed by atoms with E-state index in [-0.39, 0.29) is 0 Å². The van der Waals surface area contributed by atoms with Gasteiger partial charge >= 0.3 is 5.97 Å². The average molecular weight is 456 g/mol. The normalized spacial score (nSPS) is 14.1. The SMILES string of the molecule is O=C(COC(=O)c1c2c(nc3ccccc13)C(=Cc1ccco1)CCC2)Nc1cccc(F)c1. The number of fused-ring (bicyclic) bond motifs is 2. The van der Waals surface area contributed by atoms with Crippen LogP contribution in [0.3, 0.4) is 0 Å². The average Bonchev–Trinajstić information content (AvgIpc) is 3.34. The summed E-state index contributed by atoms with van der Waals surface area (Å²) >= 11 is 0. The smallest absolute Gasteiger partial charge is 0.339 e. The van der Waals surface area contributed by atoms with Crippen LogP contribution in [0.15, 0.2) is 71.3 Å². The number of benzene rings is 2.